The molecule has 0 atom stereocenters. The first-order chi connectivity index (χ1) is 7.21. The Labute approximate surface area is 98.3 Å². The van der Waals surface area contributed by atoms with Crippen molar-refractivity contribution in [2.45, 2.75) is 52.2 Å². The van der Waals surface area contributed by atoms with Crippen LogP contribution in [-0.2, 0) is 9.31 Å². The molecule has 0 amide bonds. The van der Waals surface area contributed by atoms with Crippen LogP contribution < -0.4 is 0 Å². The van der Waals surface area contributed by atoms with Gasteiger partial charge < -0.3 is 14.4 Å². The van der Waals surface area contributed by atoms with E-state index < -0.39 is 7.12 Å². The molecule has 1 rings (SSSR count). The van der Waals surface area contributed by atoms with Crippen LogP contribution in [0.2, 0.25) is 0 Å². The molecule has 1 saturated heterocycles. The number of allylic oxidation sites excluding steroid dienone is 2. The van der Waals surface area contributed by atoms with E-state index in [4.69, 9.17) is 9.31 Å². The maximum absolute atomic E-state index is 9.52. The molecule has 0 aromatic heterocycles. The lowest BCUT2D eigenvalue weighted by molar-refractivity contribution is 0.00578. The van der Waals surface area contributed by atoms with Gasteiger partial charge in [0.15, 0.2) is 0 Å². The van der Waals surface area contributed by atoms with E-state index in [1.165, 1.54) is 0 Å². The Morgan fingerprint density at radius 3 is 2.00 bits per heavy atom. The van der Waals surface area contributed by atoms with Crippen LogP contribution in [0.1, 0.15) is 41.0 Å². The third-order valence-electron chi connectivity index (χ3n) is 3.26. The number of hydrogen-bond acceptors (Lipinski definition) is 3. The van der Waals surface area contributed by atoms with Gasteiger partial charge in [0.05, 0.1) is 11.2 Å². The predicted octanol–water partition coefficient (Wildman–Crippen LogP) is 3.03. The highest BCUT2D eigenvalue weighted by atomic mass is 16.7. The lowest BCUT2D eigenvalue weighted by Gasteiger charge is -2.32. The molecule has 0 unspecified atom stereocenters. The zero-order valence-electron chi connectivity index (χ0n) is 10.8. The van der Waals surface area contributed by atoms with Crippen molar-refractivity contribution in [3.63, 3.8) is 0 Å². The first kappa shape index (κ1) is 13.3. The first-order valence-electron chi connectivity index (χ1n) is 5.65. The molecule has 90 valence electrons. The second-order valence-corrected chi connectivity index (χ2v) is 5.10. The summed E-state index contributed by atoms with van der Waals surface area (Å²) < 4.78 is 11.7. The van der Waals surface area contributed by atoms with Gasteiger partial charge in [-0.1, -0.05) is 19.6 Å². The third-order valence-corrected chi connectivity index (χ3v) is 3.26. The van der Waals surface area contributed by atoms with E-state index in [0.717, 1.165) is 6.42 Å². The summed E-state index contributed by atoms with van der Waals surface area (Å²) in [5.74, 6) is 0.0142. The van der Waals surface area contributed by atoms with Gasteiger partial charge in [0, 0.05) is 5.47 Å². The molecular weight excluding hydrogens is 203 g/mol. The zero-order chi connectivity index (χ0) is 12.6. The minimum Gasteiger partial charge on any atom is -0.509 e. The van der Waals surface area contributed by atoms with Crippen molar-refractivity contribution in [3.8, 4) is 0 Å². The van der Waals surface area contributed by atoms with Gasteiger partial charge in [-0.3, -0.25) is 0 Å². The maximum Gasteiger partial charge on any atom is 0.498 e. The molecule has 3 nitrogen and oxygen atoms in total. The van der Waals surface area contributed by atoms with Crippen LogP contribution in [0.3, 0.4) is 0 Å². The fourth-order valence-corrected chi connectivity index (χ4v) is 1.54. The lowest BCUT2D eigenvalue weighted by Crippen LogP contribution is -2.41. The van der Waals surface area contributed by atoms with E-state index in [1.807, 2.05) is 40.7 Å². The third kappa shape index (κ3) is 2.33. The van der Waals surface area contributed by atoms with Crippen molar-refractivity contribution in [1.82, 2.24) is 0 Å². The van der Waals surface area contributed by atoms with Crippen LogP contribution in [0, 0.1) is 0 Å². The molecule has 1 aliphatic rings. The average Bonchev–Trinajstić information content (AvgIpc) is 2.31. The van der Waals surface area contributed by atoms with Crippen molar-refractivity contribution in [3.05, 3.63) is 23.9 Å². The summed E-state index contributed by atoms with van der Waals surface area (Å²) in [5, 5.41) is 9.52. The molecule has 0 bridgehead atoms. The smallest absolute Gasteiger partial charge is 0.498 e. The van der Waals surface area contributed by atoms with Gasteiger partial charge >= 0.3 is 7.12 Å². The van der Waals surface area contributed by atoms with Gasteiger partial charge in [0.25, 0.3) is 0 Å². The number of rotatable bonds is 3. The summed E-state index contributed by atoms with van der Waals surface area (Å²) in [4.78, 5) is 0. The second kappa shape index (κ2) is 4.26. The Hall–Kier alpha value is -0.735. The van der Waals surface area contributed by atoms with Crippen LogP contribution in [0.15, 0.2) is 23.9 Å². The molecule has 1 N–H and O–H groups in total. The van der Waals surface area contributed by atoms with Crippen molar-refractivity contribution in [2.75, 3.05) is 0 Å². The van der Waals surface area contributed by atoms with Crippen LogP contribution in [-0.4, -0.2) is 23.4 Å². The Balaban J connectivity index is 2.94. The summed E-state index contributed by atoms with van der Waals surface area (Å²) >= 11 is 0. The monoisotopic (exact) mass is 224 g/mol. The Bertz CT molecular complexity index is 302. The molecule has 16 heavy (non-hydrogen) atoms. The summed E-state index contributed by atoms with van der Waals surface area (Å²) in [6.07, 6.45) is 2.68. The first-order valence-corrected chi connectivity index (χ1v) is 5.65. The highest BCUT2D eigenvalue weighted by Crippen LogP contribution is 2.39. The van der Waals surface area contributed by atoms with Gasteiger partial charge in [-0.2, -0.15) is 0 Å². The topological polar surface area (TPSA) is 38.7 Å². The van der Waals surface area contributed by atoms with E-state index >= 15 is 0 Å². The fraction of sp³-hybridized carbons (Fsp3) is 0.667. The lowest BCUT2D eigenvalue weighted by atomic mass is 9.76. The fourth-order valence-electron chi connectivity index (χ4n) is 1.54. The second-order valence-electron chi connectivity index (χ2n) is 5.10. The highest BCUT2D eigenvalue weighted by Gasteiger charge is 2.52. The minimum atomic E-state index is -0.526. The highest BCUT2D eigenvalue weighted by molar-refractivity contribution is 6.55. The number of aliphatic hydroxyl groups excluding tert-OH is 1. The van der Waals surface area contributed by atoms with Gasteiger partial charge in [0.2, 0.25) is 0 Å². The molecule has 0 aromatic rings. The predicted molar refractivity (Wildman–Crippen MR) is 66.2 cm³/mol. The van der Waals surface area contributed by atoms with E-state index in [1.54, 1.807) is 0 Å². The largest absolute Gasteiger partial charge is 0.509 e. The molecular formula is C12H21BO3. The molecule has 1 fully saturated rings. The Morgan fingerprint density at radius 1 is 1.25 bits per heavy atom. The summed E-state index contributed by atoms with van der Waals surface area (Å²) in [5.41, 5.74) is -0.152. The number of aliphatic hydroxyl groups is 1. The van der Waals surface area contributed by atoms with Crippen molar-refractivity contribution < 1.29 is 14.4 Å². The molecule has 0 aromatic carbocycles. The maximum atomic E-state index is 9.52. The van der Waals surface area contributed by atoms with E-state index in [-0.39, 0.29) is 17.0 Å². The van der Waals surface area contributed by atoms with Gasteiger partial charge in [0.1, 0.15) is 5.76 Å². The molecule has 4 heteroatoms. The van der Waals surface area contributed by atoms with E-state index in [0.29, 0.717) is 5.47 Å². The quantitative estimate of drug-likeness (QED) is 0.455. The summed E-state index contributed by atoms with van der Waals surface area (Å²) in [6, 6.07) is 0. The molecule has 0 spiro atoms. The van der Waals surface area contributed by atoms with Crippen LogP contribution >= 0.6 is 0 Å². The standard InChI is InChI=1S/C12H21BO3/c1-7-8-10(9(2)14)13-15-11(3,4)12(5,6)16-13/h8,14H,2,7H2,1,3-6H3/b10-8+. The van der Waals surface area contributed by atoms with Crippen molar-refractivity contribution in [2.24, 2.45) is 0 Å². The van der Waals surface area contributed by atoms with Crippen molar-refractivity contribution >= 4 is 7.12 Å². The van der Waals surface area contributed by atoms with Crippen LogP contribution in [0.25, 0.3) is 0 Å². The molecule has 0 saturated carbocycles. The van der Waals surface area contributed by atoms with E-state index in [9.17, 15) is 5.11 Å². The molecule has 1 aliphatic heterocycles. The number of hydrogen-bond donors (Lipinski definition) is 1. The molecule has 0 radical (unpaired) electrons. The van der Waals surface area contributed by atoms with Gasteiger partial charge in [-0.05, 0) is 34.1 Å². The Kier molecular flexibility index (Phi) is 3.55. The minimum absolute atomic E-state index is 0.0142. The van der Waals surface area contributed by atoms with Crippen LogP contribution in [0.4, 0.5) is 0 Å². The van der Waals surface area contributed by atoms with Crippen molar-refractivity contribution in [1.29, 1.82) is 0 Å². The van der Waals surface area contributed by atoms with Gasteiger partial charge in [-0.25, -0.2) is 0 Å². The average molecular weight is 224 g/mol. The summed E-state index contributed by atoms with van der Waals surface area (Å²) in [7, 11) is -0.526. The van der Waals surface area contributed by atoms with Gasteiger partial charge in [-0.15, -0.1) is 0 Å². The van der Waals surface area contributed by atoms with Crippen LogP contribution in [0.5, 0.6) is 0 Å². The van der Waals surface area contributed by atoms with E-state index in [2.05, 4.69) is 6.58 Å². The molecule has 0 aliphatic carbocycles. The normalized spacial score (nSPS) is 23.6. The zero-order valence-corrected chi connectivity index (χ0v) is 10.8. The Morgan fingerprint density at radius 2 is 1.69 bits per heavy atom. The molecule has 1 heterocycles. The SMILES string of the molecule is C=C(O)/C(=C\CC)B1OC(C)(C)C(C)(C)O1. The summed E-state index contributed by atoms with van der Waals surface area (Å²) in [6.45, 7) is 13.5.